The van der Waals surface area contributed by atoms with E-state index in [0.29, 0.717) is 12.4 Å². The van der Waals surface area contributed by atoms with E-state index in [2.05, 4.69) is 5.10 Å². The summed E-state index contributed by atoms with van der Waals surface area (Å²) in [5, 5.41) is 13.0. The first-order valence-electron chi connectivity index (χ1n) is 6.75. The van der Waals surface area contributed by atoms with Crippen molar-refractivity contribution in [3.8, 4) is 5.75 Å². The maximum atomic E-state index is 10.5. The first kappa shape index (κ1) is 14.8. The average molecular weight is 286 g/mol. The molecule has 0 aliphatic heterocycles. The fourth-order valence-corrected chi connectivity index (χ4v) is 2.02. The van der Waals surface area contributed by atoms with Gasteiger partial charge in [0.1, 0.15) is 12.4 Å². The molecule has 1 heterocycles. The highest BCUT2D eigenvalue weighted by atomic mass is 16.5. The molecule has 0 unspecified atom stereocenters. The van der Waals surface area contributed by atoms with Gasteiger partial charge in [-0.25, -0.2) is 4.79 Å². The van der Waals surface area contributed by atoms with E-state index >= 15 is 0 Å². The molecule has 0 aliphatic rings. The molecule has 1 aromatic heterocycles. The van der Waals surface area contributed by atoms with Crippen LogP contribution in [-0.2, 0) is 17.9 Å². The van der Waals surface area contributed by atoms with Gasteiger partial charge in [0.15, 0.2) is 0 Å². The summed E-state index contributed by atoms with van der Waals surface area (Å²) in [5.41, 5.74) is 2.77. The highest BCUT2D eigenvalue weighted by Gasteiger charge is 2.05. The minimum atomic E-state index is -0.969. The number of rotatable bonds is 6. The Hall–Kier alpha value is -2.56. The summed E-state index contributed by atoms with van der Waals surface area (Å²) in [6.07, 6.45) is 2.64. The molecule has 5 heteroatoms. The largest absolute Gasteiger partial charge is 0.487 e. The van der Waals surface area contributed by atoms with E-state index in [0.717, 1.165) is 29.6 Å². The van der Waals surface area contributed by atoms with Crippen molar-refractivity contribution >= 4 is 12.0 Å². The Morgan fingerprint density at radius 3 is 2.95 bits per heavy atom. The number of carboxylic acids is 1. The highest BCUT2D eigenvalue weighted by Crippen LogP contribution is 2.16. The highest BCUT2D eigenvalue weighted by molar-refractivity contribution is 5.85. The lowest BCUT2D eigenvalue weighted by atomic mass is 10.2. The molecular weight excluding hydrogens is 268 g/mol. The number of aromatic nitrogens is 2. The summed E-state index contributed by atoms with van der Waals surface area (Å²) in [7, 11) is 0. The number of ether oxygens (including phenoxy) is 1. The van der Waals surface area contributed by atoms with Gasteiger partial charge < -0.3 is 9.84 Å². The summed E-state index contributed by atoms with van der Waals surface area (Å²) in [4.78, 5) is 10.5. The standard InChI is InChI=1S/C16H18N2O3/c1-3-18-14(9-12(2)17-18)11-21-15-6-4-5-13(10-15)7-8-16(19)20/h4-10H,3,11H2,1-2H3,(H,19,20). The molecule has 2 aromatic rings. The third kappa shape index (κ3) is 4.21. The lowest BCUT2D eigenvalue weighted by Crippen LogP contribution is -2.06. The van der Waals surface area contributed by atoms with Gasteiger partial charge in [-0.15, -0.1) is 0 Å². The molecule has 0 saturated heterocycles. The van der Waals surface area contributed by atoms with Crippen LogP contribution in [0.1, 0.15) is 23.9 Å². The van der Waals surface area contributed by atoms with Crippen LogP contribution in [0, 0.1) is 6.92 Å². The predicted octanol–water partition coefficient (Wildman–Crippen LogP) is 2.89. The molecular formula is C16H18N2O3. The number of carboxylic acid groups (broad SMARTS) is 1. The van der Waals surface area contributed by atoms with E-state index in [9.17, 15) is 4.79 Å². The molecule has 0 radical (unpaired) electrons. The van der Waals surface area contributed by atoms with Crippen LogP contribution in [0.3, 0.4) is 0 Å². The summed E-state index contributed by atoms with van der Waals surface area (Å²) < 4.78 is 7.66. The van der Waals surface area contributed by atoms with Gasteiger partial charge in [-0.1, -0.05) is 12.1 Å². The number of aryl methyl sites for hydroxylation is 2. The second-order valence-electron chi connectivity index (χ2n) is 4.63. The van der Waals surface area contributed by atoms with Crippen molar-refractivity contribution < 1.29 is 14.6 Å². The molecule has 0 bridgehead atoms. The number of aliphatic carboxylic acids is 1. The minimum Gasteiger partial charge on any atom is -0.487 e. The van der Waals surface area contributed by atoms with E-state index in [1.54, 1.807) is 6.07 Å². The number of hydrogen-bond donors (Lipinski definition) is 1. The van der Waals surface area contributed by atoms with Gasteiger partial charge in [0.25, 0.3) is 0 Å². The van der Waals surface area contributed by atoms with Crippen LogP contribution in [0.15, 0.2) is 36.4 Å². The molecule has 110 valence electrons. The third-order valence-electron chi connectivity index (χ3n) is 2.95. The maximum Gasteiger partial charge on any atom is 0.328 e. The van der Waals surface area contributed by atoms with Crippen molar-refractivity contribution in [1.82, 2.24) is 9.78 Å². The van der Waals surface area contributed by atoms with Crippen LogP contribution in [-0.4, -0.2) is 20.9 Å². The van der Waals surface area contributed by atoms with Gasteiger partial charge in [-0.2, -0.15) is 5.10 Å². The zero-order chi connectivity index (χ0) is 15.2. The second kappa shape index (κ2) is 6.74. The van der Waals surface area contributed by atoms with Crippen molar-refractivity contribution in [3.63, 3.8) is 0 Å². The SMILES string of the molecule is CCn1nc(C)cc1COc1cccc(C=CC(=O)O)c1. The third-order valence-corrected chi connectivity index (χ3v) is 2.95. The Labute approximate surface area is 123 Å². The number of nitrogens with zero attached hydrogens (tertiary/aromatic N) is 2. The zero-order valence-electron chi connectivity index (χ0n) is 12.1. The monoisotopic (exact) mass is 286 g/mol. The number of hydrogen-bond acceptors (Lipinski definition) is 3. The second-order valence-corrected chi connectivity index (χ2v) is 4.63. The summed E-state index contributed by atoms with van der Waals surface area (Å²) in [5.74, 6) is -0.271. The van der Waals surface area contributed by atoms with Crippen molar-refractivity contribution in [2.75, 3.05) is 0 Å². The lowest BCUT2D eigenvalue weighted by molar-refractivity contribution is -0.131. The molecule has 5 nitrogen and oxygen atoms in total. The van der Waals surface area contributed by atoms with Gasteiger partial charge in [0.05, 0.1) is 11.4 Å². The van der Waals surface area contributed by atoms with Crippen LogP contribution in [0.25, 0.3) is 6.08 Å². The quantitative estimate of drug-likeness (QED) is 0.829. The topological polar surface area (TPSA) is 64.4 Å². The molecule has 0 atom stereocenters. The van der Waals surface area contributed by atoms with Gasteiger partial charge in [0, 0.05) is 12.6 Å². The van der Waals surface area contributed by atoms with Crippen LogP contribution in [0.2, 0.25) is 0 Å². The molecule has 1 N–H and O–H groups in total. The van der Waals surface area contributed by atoms with E-state index in [1.165, 1.54) is 6.08 Å². The Kier molecular flexibility index (Phi) is 4.77. The van der Waals surface area contributed by atoms with Crippen molar-refractivity contribution in [2.24, 2.45) is 0 Å². The van der Waals surface area contributed by atoms with Crippen molar-refractivity contribution in [2.45, 2.75) is 27.0 Å². The average Bonchev–Trinajstić information content (AvgIpc) is 2.83. The number of carbonyl (C=O) groups is 1. The van der Waals surface area contributed by atoms with Crippen molar-refractivity contribution in [3.05, 3.63) is 53.4 Å². The van der Waals surface area contributed by atoms with Gasteiger partial charge in [-0.05, 0) is 43.7 Å². The maximum absolute atomic E-state index is 10.5. The molecule has 0 spiro atoms. The summed E-state index contributed by atoms with van der Waals surface area (Å²) in [6.45, 7) is 5.22. The molecule has 21 heavy (non-hydrogen) atoms. The fraction of sp³-hybridized carbons (Fsp3) is 0.250. The van der Waals surface area contributed by atoms with Crippen LogP contribution in [0.4, 0.5) is 0 Å². The Morgan fingerprint density at radius 2 is 2.24 bits per heavy atom. The van der Waals surface area contributed by atoms with E-state index < -0.39 is 5.97 Å². The van der Waals surface area contributed by atoms with Gasteiger partial charge in [-0.3, -0.25) is 4.68 Å². The molecule has 0 aliphatic carbocycles. The molecule has 0 saturated carbocycles. The van der Waals surface area contributed by atoms with Crippen LogP contribution < -0.4 is 4.74 Å². The first-order chi connectivity index (χ1) is 10.1. The molecule has 1 aromatic carbocycles. The van der Waals surface area contributed by atoms with E-state index in [4.69, 9.17) is 9.84 Å². The molecule has 0 amide bonds. The predicted molar refractivity (Wildman–Crippen MR) is 80.1 cm³/mol. The Bertz CT molecular complexity index is 659. The van der Waals surface area contributed by atoms with E-state index in [1.807, 2.05) is 42.8 Å². The summed E-state index contributed by atoms with van der Waals surface area (Å²) in [6, 6.07) is 9.31. The van der Waals surface area contributed by atoms with Crippen LogP contribution >= 0.6 is 0 Å². The van der Waals surface area contributed by atoms with Crippen LogP contribution in [0.5, 0.6) is 5.75 Å². The molecule has 0 fully saturated rings. The fourth-order valence-electron chi connectivity index (χ4n) is 2.02. The summed E-state index contributed by atoms with van der Waals surface area (Å²) >= 11 is 0. The van der Waals surface area contributed by atoms with Gasteiger partial charge in [0.2, 0.25) is 0 Å². The van der Waals surface area contributed by atoms with E-state index in [-0.39, 0.29) is 0 Å². The first-order valence-corrected chi connectivity index (χ1v) is 6.75. The minimum absolute atomic E-state index is 0.431. The number of benzene rings is 1. The smallest absolute Gasteiger partial charge is 0.328 e. The Morgan fingerprint density at radius 1 is 1.43 bits per heavy atom. The Balaban J connectivity index is 2.06. The zero-order valence-corrected chi connectivity index (χ0v) is 12.1. The van der Waals surface area contributed by atoms with Crippen molar-refractivity contribution in [1.29, 1.82) is 0 Å². The van der Waals surface area contributed by atoms with Gasteiger partial charge >= 0.3 is 5.97 Å². The molecule has 2 rings (SSSR count). The normalized spacial score (nSPS) is 11.0. The lowest BCUT2D eigenvalue weighted by Gasteiger charge is -2.08.